The van der Waals surface area contributed by atoms with Crippen molar-refractivity contribution in [3.05, 3.63) is 29.8 Å². The number of likely N-dealkylation sites (N-methyl/N-ethyl adjacent to an activating group) is 1. The topological polar surface area (TPSA) is 39.2 Å². The highest BCUT2D eigenvalue weighted by Gasteiger charge is 2.38. The lowest BCUT2D eigenvalue weighted by Gasteiger charge is -2.33. The van der Waals surface area contributed by atoms with E-state index in [1.54, 1.807) is 0 Å². The van der Waals surface area contributed by atoms with Crippen LogP contribution in [0.15, 0.2) is 29.4 Å². The van der Waals surface area contributed by atoms with Crippen LogP contribution in [0.1, 0.15) is 49.4 Å². The van der Waals surface area contributed by atoms with E-state index in [-0.39, 0.29) is 5.91 Å². The van der Waals surface area contributed by atoms with E-state index in [9.17, 15) is 4.79 Å². The normalized spacial score (nSPS) is 27.2. The number of hydrogen-bond acceptors (Lipinski definition) is 4. The molecule has 0 radical (unpaired) electrons. The Balaban J connectivity index is 1.48. The first-order valence-corrected chi connectivity index (χ1v) is 9.56. The summed E-state index contributed by atoms with van der Waals surface area (Å²) < 4.78 is 0. The van der Waals surface area contributed by atoms with E-state index in [0.29, 0.717) is 12.1 Å². The molecule has 134 valence electrons. The zero-order chi connectivity index (χ0) is 17.4. The molecule has 25 heavy (non-hydrogen) atoms. The van der Waals surface area contributed by atoms with Crippen molar-refractivity contribution in [3.63, 3.8) is 0 Å². The predicted octanol–water partition coefficient (Wildman–Crippen LogP) is 2.97. The van der Waals surface area contributed by atoms with Crippen molar-refractivity contribution in [1.82, 2.24) is 9.80 Å². The molecule has 2 saturated heterocycles. The maximum Gasteiger partial charge on any atom is 0.254 e. The van der Waals surface area contributed by atoms with Gasteiger partial charge < -0.3 is 9.80 Å². The number of hydrogen-bond donors (Lipinski definition) is 0. The molecule has 4 rings (SSSR count). The largest absolute Gasteiger partial charge is 0.334 e. The van der Waals surface area contributed by atoms with Gasteiger partial charge >= 0.3 is 0 Å². The van der Waals surface area contributed by atoms with Crippen molar-refractivity contribution >= 4 is 17.3 Å². The van der Waals surface area contributed by atoms with E-state index in [1.807, 2.05) is 29.3 Å². The summed E-state index contributed by atoms with van der Waals surface area (Å²) >= 11 is 0. The van der Waals surface area contributed by atoms with Crippen molar-refractivity contribution < 1.29 is 4.79 Å². The minimum absolute atomic E-state index is 0.190. The molecule has 3 aliphatic heterocycles. The van der Waals surface area contributed by atoms with Gasteiger partial charge in [0, 0.05) is 42.9 Å². The maximum atomic E-state index is 13.1. The summed E-state index contributed by atoms with van der Waals surface area (Å²) in [7, 11) is 2.20. The van der Waals surface area contributed by atoms with Gasteiger partial charge in [-0.3, -0.25) is 9.80 Å². The lowest BCUT2D eigenvalue weighted by atomic mass is 10.0. The Kier molecular flexibility index (Phi) is 4.50. The number of benzene rings is 1. The van der Waals surface area contributed by atoms with Crippen molar-refractivity contribution in [2.75, 3.05) is 31.7 Å². The van der Waals surface area contributed by atoms with Gasteiger partial charge in [0.1, 0.15) is 0 Å². The minimum atomic E-state index is 0.190. The first kappa shape index (κ1) is 16.6. The Morgan fingerprint density at radius 2 is 1.76 bits per heavy atom. The quantitative estimate of drug-likeness (QED) is 0.849. The third kappa shape index (κ3) is 3.17. The fraction of sp³-hybridized carbons (Fsp3) is 0.600. The van der Waals surface area contributed by atoms with E-state index in [2.05, 4.69) is 28.9 Å². The number of carbonyl (C=O) groups excluding carboxylic acids is 1. The van der Waals surface area contributed by atoms with Gasteiger partial charge in [-0.2, -0.15) is 5.10 Å². The van der Waals surface area contributed by atoms with Crippen molar-refractivity contribution in [2.45, 2.75) is 51.1 Å². The molecule has 1 aromatic rings. The predicted molar refractivity (Wildman–Crippen MR) is 101 cm³/mol. The van der Waals surface area contributed by atoms with Gasteiger partial charge in [-0.25, -0.2) is 0 Å². The van der Waals surface area contributed by atoms with Gasteiger partial charge in [-0.1, -0.05) is 0 Å². The number of anilines is 1. The van der Waals surface area contributed by atoms with E-state index < -0.39 is 0 Å². The molecule has 2 atom stereocenters. The summed E-state index contributed by atoms with van der Waals surface area (Å²) in [5.41, 5.74) is 3.04. The van der Waals surface area contributed by atoms with Gasteiger partial charge in [-0.05, 0) is 70.5 Å². The molecular formula is C20H28N4O. The molecule has 0 spiro atoms. The third-order valence-electron chi connectivity index (χ3n) is 5.97. The Bertz CT molecular complexity index is 669. The lowest BCUT2D eigenvalue weighted by molar-refractivity contribution is 0.0664. The average molecular weight is 340 g/mol. The second-order valence-electron chi connectivity index (χ2n) is 7.65. The second kappa shape index (κ2) is 6.79. The van der Waals surface area contributed by atoms with E-state index in [4.69, 9.17) is 0 Å². The van der Waals surface area contributed by atoms with Crippen LogP contribution in [0.2, 0.25) is 0 Å². The fourth-order valence-electron chi connectivity index (χ4n) is 4.57. The smallest absolute Gasteiger partial charge is 0.254 e. The molecule has 2 fully saturated rings. The number of likely N-dealkylation sites (tertiary alicyclic amines) is 2. The van der Waals surface area contributed by atoms with Crippen LogP contribution >= 0.6 is 0 Å². The van der Waals surface area contributed by atoms with Crippen LogP contribution in [0.5, 0.6) is 0 Å². The molecule has 0 aliphatic carbocycles. The van der Waals surface area contributed by atoms with Gasteiger partial charge in [0.15, 0.2) is 0 Å². The Morgan fingerprint density at radius 3 is 2.40 bits per heavy atom. The summed E-state index contributed by atoms with van der Waals surface area (Å²) in [5.74, 6) is 0.190. The van der Waals surface area contributed by atoms with E-state index in [0.717, 1.165) is 50.1 Å². The summed E-state index contributed by atoms with van der Waals surface area (Å²) in [5, 5.41) is 6.56. The fourth-order valence-corrected chi connectivity index (χ4v) is 4.57. The molecule has 1 aromatic carbocycles. The van der Waals surface area contributed by atoms with Crippen LogP contribution in [0, 0.1) is 0 Å². The monoisotopic (exact) mass is 340 g/mol. The number of amides is 1. The van der Waals surface area contributed by atoms with E-state index in [1.165, 1.54) is 18.6 Å². The highest BCUT2D eigenvalue weighted by molar-refractivity contribution is 5.95. The Labute approximate surface area is 150 Å². The van der Waals surface area contributed by atoms with Crippen molar-refractivity contribution in [1.29, 1.82) is 0 Å². The summed E-state index contributed by atoms with van der Waals surface area (Å²) in [6, 6.07) is 8.91. The minimum Gasteiger partial charge on any atom is -0.334 e. The van der Waals surface area contributed by atoms with Crippen LogP contribution < -0.4 is 5.01 Å². The Hall–Kier alpha value is -1.88. The molecule has 5 heteroatoms. The molecular weight excluding hydrogens is 312 g/mol. The van der Waals surface area contributed by atoms with Crippen LogP contribution in [0.4, 0.5) is 5.69 Å². The highest BCUT2D eigenvalue weighted by Crippen LogP contribution is 2.30. The van der Waals surface area contributed by atoms with Crippen molar-refractivity contribution in [3.8, 4) is 0 Å². The summed E-state index contributed by atoms with van der Waals surface area (Å²) in [6.07, 6.45) is 5.76. The Morgan fingerprint density at radius 1 is 1.04 bits per heavy atom. The zero-order valence-electron chi connectivity index (χ0n) is 15.3. The van der Waals surface area contributed by atoms with Crippen LogP contribution in [-0.2, 0) is 0 Å². The van der Waals surface area contributed by atoms with Gasteiger partial charge in [0.05, 0.1) is 5.69 Å². The van der Waals surface area contributed by atoms with Gasteiger partial charge in [0.2, 0.25) is 0 Å². The number of nitrogens with zero attached hydrogens (tertiary/aromatic N) is 4. The number of hydrazone groups is 1. The molecule has 2 unspecified atom stereocenters. The van der Waals surface area contributed by atoms with Crippen LogP contribution in [0.25, 0.3) is 0 Å². The molecule has 5 nitrogen and oxygen atoms in total. The second-order valence-corrected chi connectivity index (χ2v) is 7.65. The molecule has 0 saturated carbocycles. The van der Waals surface area contributed by atoms with Crippen molar-refractivity contribution in [2.24, 2.45) is 5.10 Å². The number of carbonyl (C=O) groups is 1. The van der Waals surface area contributed by atoms with Crippen LogP contribution in [0.3, 0.4) is 0 Å². The lowest BCUT2D eigenvalue weighted by Crippen LogP contribution is -2.47. The molecule has 1 amide bonds. The third-order valence-corrected chi connectivity index (χ3v) is 5.97. The maximum absolute atomic E-state index is 13.1. The summed E-state index contributed by atoms with van der Waals surface area (Å²) in [4.78, 5) is 17.6. The molecule has 0 aromatic heterocycles. The molecule has 3 heterocycles. The van der Waals surface area contributed by atoms with Crippen LogP contribution in [-0.4, -0.2) is 60.2 Å². The first-order chi connectivity index (χ1) is 12.1. The summed E-state index contributed by atoms with van der Waals surface area (Å²) in [6.45, 7) is 5.05. The standard InChI is InChI=1S/C20H28N4O/c1-15-11-14-24(21-15)17-9-7-16(8-10-17)20(25)23-13-4-6-19(23)18-5-3-12-22(18)2/h7-10,18-19H,3-6,11-14H2,1-2H3. The highest BCUT2D eigenvalue weighted by atomic mass is 16.2. The van der Waals surface area contributed by atoms with Gasteiger partial charge in [0.25, 0.3) is 5.91 Å². The molecule has 0 bridgehead atoms. The average Bonchev–Trinajstić information content (AvgIpc) is 3.35. The SMILES string of the molecule is CC1=NN(c2ccc(C(=O)N3CCCC3C3CCCN3C)cc2)CC1. The number of rotatable bonds is 3. The molecule has 0 N–H and O–H groups in total. The van der Waals surface area contributed by atoms with Gasteiger partial charge in [-0.15, -0.1) is 0 Å². The molecule has 3 aliphatic rings. The zero-order valence-corrected chi connectivity index (χ0v) is 15.3. The van der Waals surface area contributed by atoms with E-state index >= 15 is 0 Å². The first-order valence-electron chi connectivity index (χ1n) is 9.56.